The Kier molecular flexibility index (Phi) is 7.98. The molecule has 36 heavy (non-hydrogen) atoms. The van der Waals surface area contributed by atoms with Crippen LogP contribution >= 0.6 is 11.6 Å². The van der Waals surface area contributed by atoms with Crippen molar-refractivity contribution in [2.75, 3.05) is 25.0 Å². The topological polar surface area (TPSA) is 112 Å². The highest BCUT2D eigenvalue weighted by molar-refractivity contribution is 6.33. The standard InChI is InChI=1S/C26H33ClN6O3/c1-26(2,3)36-25(35)28-12-7-6-10-22(34)33-13-11-17(16-33)31-24-30-15-20(27)23(32-24)19-14-29-21-9-5-4-8-18(19)21/h4-5,8-9,14-15,17,29H,6-7,10-13,16H2,1-3H3,(H,28,35)(H,30,31,32). The van der Waals surface area contributed by atoms with Crippen molar-refractivity contribution >= 4 is 40.5 Å². The Bertz CT molecular complexity index is 1220. The number of para-hydroxylation sites is 1. The van der Waals surface area contributed by atoms with Gasteiger partial charge in [0, 0.05) is 54.8 Å². The molecule has 1 aromatic carbocycles. The largest absolute Gasteiger partial charge is 0.444 e. The summed E-state index contributed by atoms with van der Waals surface area (Å²) < 4.78 is 5.21. The number of aromatic amines is 1. The molecule has 1 aliphatic rings. The molecule has 1 saturated heterocycles. The molecular weight excluding hydrogens is 480 g/mol. The number of hydrogen-bond donors (Lipinski definition) is 3. The minimum Gasteiger partial charge on any atom is -0.444 e. The van der Waals surface area contributed by atoms with E-state index in [9.17, 15) is 9.59 Å². The zero-order valence-electron chi connectivity index (χ0n) is 20.9. The fourth-order valence-electron chi connectivity index (χ4n) is 4.24. The Hall–Kier alpha value is -3.33. The summed E-state index contributed by atoms with van der Waals surface area (Å²) in [6.07, 6.45) is 5.77. The normalized spacial score (nSPS) is 15.8. The summed E-state index contributed by atoms with van der Waals surface area (Å²) >= 11 is 6.44. The summed E-state index contributed by atoms with van der Waals surface area (Å²) in [7, 11) is 0. The van der Waals surface area contributed by atoms with E-state index >= 15 is 0 Å². The van der Waals surface area contributed by atoms with Gasteiger partial charge in [0.1, 0.15) is 5.60 Å². The number of alkyl carbamates (subject to hydrolysis) is 1. The molecule has 1 atom stereocenters. The second-order valence-corrected chi connectivity index (χ2v) is 10.4. The number of carbonyl (C=O) groups excluding carboxylic acids is 2. The van der Waals surface area contributed by atoms with Crippen LogP contribution in [0, 0.1) is 0 Å². The van der Waals surface area contributed by atoms with E-state index in [0.717, 1.165) is 29.3 Å². The lowest BCUT2D eigenvalue weighted by atomic mass is 10.1. The molecule has 9 nitrogen and oxygen atoms in total. The van der Waals surface area contributed by atoms with Crippen molar-refractivity contribution in [2.45, 2.75) is 58.1 Å². The summed E-state index contributed by atoms with van der Waals surface area (Å²) in [5.41, 5.74) is 2.08. The number of halogens is 1. The number of hydrogen-bond acceptors (Lipinski definition) is 6. The number of aromatic nitrogens is 3. The van der Waals surface area contributed by atoms with Gasteiger partial charge in [-0.05, 0) is 46.1 Å². The lowest BCUT2D eigenvalue weighted by Crippen LogP contribution is -2.33. The molecule has 3 N–H and O–H groups in total. The highest BCUT2D eigenvalue weighted by atomic mass is 35.5. The fourth-order valence-corrected chi connectivity index (χ4v) is 4.44. The molecule has 0 spiro atoms. The van der Waals surface area contributed by atoms with Crippen molar-refractivity contribution in [1.82, 2.24) is 25.2 Å². The van der Waals surface area contributed by atoms with Crippen molar-refractivity contribution in [3.8, 4) is 11.3 Å². The monoisotopic (exact) mass is 512 g/mol. The quantitative estimate of drug-likeness (QED) is 0.367. The first kappa shape index (κ1) is 25.8. The molecule has 0 radical (unpaired) electrons. The van der Waals surface area contributed by atoms with Gasteiger partial charge >= 0.3 is 6.09 Å². The predicted octanol–water partition coefficient (Wildman–Crippen LogP) is 4.99. The minimum atomic E-state index is -0.518. The zero-order valence-corrected chi connectivity index (χ0v) is 21.7. The van der Waals surface area contributed by atoms with Gasteiger partial charge in [0.05, 0.1) is 16.9 Å². The zero-order chi connectivity index (χ0) is 25.7. The van der Waals surface area contributed by atoms with Crippen LogP contribution in [0.15, 0.2) is 36.7 Å². The van der Waals surface area contributed by atoms with Gasteiger partial charge in [-0.3, -0.25) is 4.79 Å². The average molecular weight is 513 g/mol. The smallest absolute Gasteiger partial charge is 0.407 e. The van der Waals surface area contributed by atoms with E-state index in [0.29, 0.717) is 49.1 Å². The maximum absolute atomic E-state index is 12.6. The van der Waals surface area contributed by atoms with E-state index < -0.39 is 11.7 Å². The molecule has 3 aromatic rings. The van der Waals surface area contributed by atoms with Gasteiger partial charge in [-0.15, -0.1) is 0 Å². The number of fused-ring (bicyclic) bond motifs is 1. The summed E-state index contributed by atoms with van der Waals surface area (Å²) in [5.74, 6) is 0.611. The van der Waals surface area contributed by atoms with Crippen molar-refractivity contribution < 1.29 is 14.3 Å². The van der Waals surface area contributed by atoms with Gasteiger partial charge < -0.3 is 25.3 Å². The average Bonchev–Trinajstić information content (AvgIpc) is 3.46. The maximum Gasteiger partial charge on any atom is 0.407 e. The first-order valence-corrected chi connectivity index (χ1v) is 12.7. The highest BCUT2D eigenvalue weighted by Gasteiger charge is 2.26. The maximum atomic E-state index is 12.6. The number of carbonyl (C=O) groups is 2. The van der Waals surface area contributed by atoms with Crippen LogP contribution < -0.4 is 10.6 Å². The number of nitrogens with one attached hydrogen (secondary N) is 3. The van der Waals surface area contributed by atoms with E-state index in [1.165, 1.54) is 0 Å². The molecule has 0 aliphatic carbocycles. The first-order chi connectivity index (χ1) is 17.2. The van der Waals surface area contributed by atoms with E-state index in [4.69, 9.17) is 16.3 Å². The second-order valence-electron chi connectivity index (χ2n) is 9.99. The number of amides is 2. The molecule has 3 heterocycles. The summed E-state index contributed by atoms with van der Waals surface area (Å²) in [5, 5.41) is 7.61. The van der Waals surface area contributed by atoms with Crippen molar-refractivity contribution in [2.24, 2.45) is 0 Å². The predicted molar refractivity (Wildman–Crippen MR) is 141 cm³/mol. The van der Waals surface area contributed by atoms with Crippen LogP contribution in [0.25, 0.3) is 22.2 Å². The van der Waals surface area contributed by atoms with Gasteiger partial charge in [0.2, 0.25) is 11.9 Å². The Morgan fingerprint density at radius 2 is 2.06 bits per heavy atom. The van der Waals surface area contributed by atoms with E-state index in [2.05, 4.69) is 25.6 Å². The van der Waals surface area contributed by atoms with Crippen LogP contribution in [0.4, 0.5) is 10.7 Å². The molecule has 4 rings (SSSR count). The highest BCUT2D eigenvalue weighted by Crippen LogP contribution is 2.32. The number of nitrogens with zero attached hydrogens (tertiary/aromatic N) is 3. The van der Waals surface area contributed by atoms with Gasteiger partial charge in [-0.2, -0.15) is 0 Å². The number of H-pyrrole nitrogens is 1. The van der Waals surface area contributed by atoms with Crippen LogP contribution in [0.1, 0.15) is 46.5 Å². The van der Waals surface area contributed by atoms with Gasteiger partial charge in [0.15, 0.2) is 0 Å². The van der Waals surface area contributed by atoms with Gasteiger partial charge in [0.25, 0.3) is 0 Å². The number of benzene rings is 1. The van der Waals surface area contributed by atoms with Crippen molar-refractivity contribution in [3.63, 3.8) is 0 Å². The van der Waals surface area contributed by atoms with Crippen LogP contribution in [0.5, 0.6) is 0 Å². The second kappa shape index (κ2) is 11.2. The van der Waals surface area contributed by atoms with E-state index in [1.807, 2.05) is 56.1 Å². The molecule has 2 amide bonds. The number of unbranched alkanes of at least 4 members (excludes halogenated alkanes) is 1. The molecular formula is C26H33ClN6O3. The Morgan fingerprint density at radius 1 is 1.25 bits per heavy atom. The van der Waals surface area contributed by atoms with Crippen molar-refractivity contribution in [3.05, 3.63) is 41.7 Å². The SMILES string of the molecule is CC(C)(C)OC(=O)NCCCCC(=O)N1CCC(Nc2ncc(Cl)c(-c3c[nH]c4ccccc34)n2)C1. The van der Waals surface area contributed by atoms with Crippen LogP contribution in [0.2, 0.25) is 5.02 Å². The molecule has 1 unspecified atom stereocenters. The van der Waals surface area contributed by atoms with E-state index in [-0.39, 0.29) is 11.9 Å². The lowest BCUT2D eigenvalue weighted by molar-refractivity contribution is -0.130. The molecule has 0 bridgehead atoms. The minimum absolute atomic E-state index is 0.0692. The fraction of sp³-hybridized carbons (Fsp3) is 0.462. The summed E-state index contributed by atoms with van der Waals surface area (Å²) in [6.45, 7) is 7.25. The third-order valence-corrected chi connectivity index (χ3v) is 6.22. The van der Waals surface area contributed by atoms with Crippen LogP contribution in [-0.4, -0.2) is 63.1 Å². The van der Waals surface area contributed by atoms with Crippen LogP contribution in [0.3, 0.4) is 0 Å². The molecule has 2 aromatic heterocycles. The summed E-state index contributed by atoms with van der Waals surface area (Å²) in [4.78, 5) is 38.5. The van der Waals surface area contributed by atoms with E-state index in [1.54, 1.807) is 6.20 Å². The molecule has 1 fully saturated rings. The third-order valence-electron chi connectivity index (χ3n) is 5.95. The number of ether oxygens (including phenoxy) is 1. The molecule has 192 valence electrons. The molecule has 10 heteroatoms. The number of likely N-dealkylation sites (tertiary alicyclic amines) is 1. The Labute approximate surface area is 216 Å². The molecule has 1 aliphatic heterocycles. The molecule has 0 saturated carbocycles. The Balaban J connectivity index is 1.25. The van der Waals surface area contributed by atoms with Crippen LogP contribution in [-0.2, 0) is 9.53 Å². The van der Waals surface area contributed by atoms with Gasteiger partial charge in [-0.1, -0.05) is 29.8 Å². The number of anilines is 1. The summed E-state index contributed by atoms with van der Waals surface area (Å²) in [6, 6.07) is 8.07. The first-order valence-electron chi connectivity index (χ1n) is 12.3. The van der Waals surface area contributed by atoms with Gasteiger partial charge in [-0.25, -0.2) is 14.8 Å². The Morgan fingerprint density at radius 3 is 2.86 bits per heavy atom. The lowest BCUT2D eigenvalue weighted by Gasteiger charge is -2.19. The van der Waals surface area contributed by atoms with Crippen molar-refractivity contribution in [1.29, 1.82) is 0 Å². The number of rotatable bonds is 8. The third kappa shape index (κ3) is 6.66.